The van der Waals surface area contributed by atoms with Crippen molar-refractivity contribution in [3.63, 3.8) is 0 Å². The Morgan fingerprint density at radius 2 is 2.22 bits per heavy atom. The van der Waals surface area contributed by atoms with Gasteiger partial charge in [0.15, 0.2) is 0 Å². The van der Waals surface area contributed by atoms with E-state index >= 15 is 0 Å². The molecular formula is C11H19Cl2N3O2. The average molecular weight is 296 g/mol. The van der Waals surface area contributed by atoms with Gasteiger partial charge in [-0.05, 0) is 18.6 Å². The number of halogens is 2. The maximum atomic E-state index is 11.5. The highest BCUT2D eigenvalue weighted by Crippen LogP contribution is 2.02. The monoisotopic (exact) mass is 295 g/mol. The molecule has 1 amide bonds. The smallest absolute Gasteiger partial charge is 0.250 e. The Labute approximate surface area is 119 Å². The standard InChI is InChI=1S/C11H17N3O2.2ClH/c1-8-4-3-5-13-9(8)7-14-11(15)10(6-12)16-2;;/h3-5,10H,6-7,12H2,1-2H3,(H,14,15);2*1H. The van der Waals surface area contributed by atoms with Gasteiger partial charge >= 0.3 is 0 Å². The first kappa shape index (κ1) is 19.5. The molecule has 7 heteroatoms. The van der Waals surface area contributed by atoms with Crippen LogP contribution in [0.4, 0.5) is 0 Å². The Morgan fingerprint density at radius 1 is 1.56 bits per heavy atom. The molecule has 3 N–H and O–H groups in total. The third-order valence-corrected chi connectivity index (χ3v) is 2.34. The number of nitrogens with two attached hydrogens (primary N) is 1. The highest BCUT2D eigenvalue weighted by atomic mass is 35.5. The summed E-state index contributed by atoms with van der Waals surface area (Å²) in [6.07, 6.45) is 1.11. The lowest BCUT2D eigenvalue weighted by molar-refractivity contribution is -0.130. The second-order valence-electron chi connectivity index (χ2n) is 3.44. The molecule has 0 aromatic carbocycles. The van der Waals surface area contributed by atoms with Gasteiger partial charge in [0.05, 0.1) is 12.2 Å². The zero-order chi connectivity index (χ0) is 12.0. The van der Waals surface area contributed by atoms with Crippen LogP contribution >= 0.6 is 24.8 Å². The number of ether oxygens (including phenoxy) is 1. The maximum Gasteiger partial charge on any atom is 0.250 e. The van der Waals surface area contributed by atoms with E-state index in [0.717, 1.165) is 11.3 Å². The number of hydrogen-bond acceptors (Lipinski definition) is 4. The summed E-state index contributed by atoms with van der Waals surface area (Å²) in [5.41, 5.74) is 7.28. The molecule has 0 saturated carbocycles. The van der Waals surface area contributed by atoms with Gasteiger partial charge in [-0.15, -0.1) is 24.8 Å². The molecule has 1 unspecified atom stereocenters. The lowest BCUT2D eigenvalue weighted by Crippen LogP contribution is -2.40. The highest BCUT2D eigenvalue weighted by Gasteiger charge is 2.15. The van der Waals surface area contributed by atoms with E-state index in [4.69, 9.17) is 10.5 Å². The van der Waals surface area contributed by atoms with Crippen molar-refractivity contribution in [2.24, 2.45) is 5.73 Å². The normalized spacial score (nSPS) is 10.8. The zero-order valence-electron chi connectivity index (χ0n) is 10.4. The van der Waals surface area contributed by atoms with E-state index < -0.39 is 6.10 Å². The van der Waals surface area contributed by atoms with Crippen molar-refractivity contribution in [2.75, 3.05) is 13.7 Å². The van der Waals surface area contributed by atoms with Crippen molar-refractivity contribution in [2.45, 2.75) is 19.6 Å². The number of carbonyl (C=O) groups is 1. The second kappa shape index (κ2) is 10.1. The van der Waals surface area contributed by atoms with Crippen LogP contribution in [0.3, 0.4) is 0 Å². The first-order valence-electron chi connectivity index (χ1n) is 5.10. The van der Waals surface area contributed by atoms with Gasteiger partial charge in [-0.2, -0.15) is 0 Å². The number of rotatable bonds is 5. The molecule has 1 atom stereocenters. The second-order valence-corrected chi connectivity index (χ2v) is 3.44. The van der Waals surface area contributed by atoms with Gasteiger partial charge in [-0.1, -0.05) is 6.07 Å². The van der Waals surface area contributed by atoms with Crippen LogP contribution in [0.25, 0.3) is 0 Å². The van der Waals surface area contributed by atoms with Crippen LogP contribution < -0.4 is 11.1 Å². The summed E-state index contributed by atoms with van der Waals surface area (Å²) in [4.78, 5) is 15.7. The molecule has 0 aliphatic carbocycles. The predicted octanol–water partition coefficient (Wildman–Crippen LogP) is 0.824. The number of aromatic nitrogens is 1. The molecule has 0 bridgehead atoms. The van der Waals surface area contributed by atoms with Gasteiger partial charge in [0.2, 0.25) is 0 Å². The Morgan fingerprint density at radius 3 is 2.72 bits per heavy atom. The van der Waals surface area contributed by atoms with Crippen molar-refractivity contribution in [1.82, 2.24) is 10.3 Å². The quantitative estimate of drug-likeness (QED) is 0.843. The lowest BCUT2D eigenvalue weighted by Gasteiger charge is -2.13. The Balaban J connectivity index is 0. The summed E-state index contributed by atoms with van der Waals surface area (Å²) in [5, 5.41) is 2.74. The number of pyridine rings is 1. The summed E-state index contributed by atoms with van der Waals surface area (Å²) in [5.74, 6) is -0.213. The number of methoxy groups -OCH3 is 1. The van der Waals surface area contributed by atoms with E-state index in [9.17, 15) is 4.79 Å². The zero-order valence-corrected chi connectivity index (χ0v) is 12.0. The number of aryl methyl sites for hydroxylation is 1. The van der Waals surface area contributed by atoms with Gasteiger partial charge in [0.1, 0.15) is 6.10 Å². The molecule has 0 radical (unpaired) electrons. The summed E-state index contributed by atoms with van der Waals surface area (Å²) < 4.78 is 4.92. The lowest BCUT2D eigenvalue weighted by atomic mass is 10.2. The van der Waals surface area contributed by atoms with Crippen molar-refractivity contribution in [1.29, 1.82) is 0 Å². The van der Waals surface area contributed by atoms with E-state index in [1.807, 2.05) is 19.1 Å². The third-order valence-electron chi connectivity index (χ3n) is 2.34. The molecule has 1 aromatic rings. The van der Waals surface area contributed by atoms with Crippen LogP contribution in [0.15, 0.2) is 18.3 Å². The Hall–Kier alpha value is -0.880. The molecule has 0 aliphatic rings. The van der Waals surface area contributed by atoms with Crippen LogP contribution in [0.2, 0.25) is 0 Å². The maximum absolute atomic E-state index is 11.5. The van der Waals surface area contributed by atoms with Crippen LogP contribution in [0, 0.1) is 6.92 Å². The Kier molecular flexibility index (Phi) is 10.9. The average Bonchev–Trinajstić information content (AvgIpc) is 2.29. The molecule has 104 valence electrons. The molecule has 0 fully saturated rings. The minimum absolute atomic E-state index is 0. The van der Waals surface area contributed by atoms with Crippen molar-refractivity contribution >= 4 is 30.7 Å². The number of carbonyl (C=O) groups excluding carboxylic acids is 1. The van der Waals surface area contributed by atoms with Gasteiger partial charge in [-0.3, -0.25) is 9.78 Å². The van der Waals surface area contributed by atoms with Crippen molar-refractivity contribution in [3.05, 3.63) is 29.6 Å². The summed E-state index contributed by atoms with van der Waals surface area (Å²) in [7, 11) is 1.46. The van der Waals surface area contributed by atoms with Gasteiger partial charge in [0, 0.05) is 19.9 Å². The molecule has 18 heavy (non-hydrogen) atoms. The summed E-state index contributed by atoms with van der Waals surface area (Å²) >= 11 is 0. The SMILES string of the molecule is COC(CN)C(=O)NCc1ncccc1C.Cl.Cl. The van der Waals surface area contributed by atoms with Crippen LogP contribution in [0.5, 0.6) is 0 Å². The summed E-state index contributed by atoms with van der Waals surface area (Å²) in [6, 6.07) is 3.81. The molecule has 1 aromatic heterocycles. The number of nitrogens with zero attached hydrogens (tertiary/aromatic N) is 1. The van der Waals surface area contributed by atoms with Gasteiger partial charge in [-0.25, -0.2) is 0 Å². The minimum atomic E-state index is -0.594. The van der Waals surface area contributed by atoms with E-state index in [1.54, 1.807) is 6.20 Å². The van der Waals surface area contributed by atoms with Crippen LogP contribution in [-0.2, 0) is 16.1 Å². The predicted molar refractivity (Wildman–Crippen MR) is 75.2 cm³/mol. The fourth-order valence-corrected chi connectivity index (χ4v) is 1.30. The minimum Gasteiger partial charge on any atom is -0.370 e. The van der Waals surface area contributed by atoms with Gasteiger partial charge < -0.3 is 15.8 Å². The number of hydrogen-bond donors (Lipinski definition) is 2. The van der Waals surface area contributed by atoms with E-state index in [1.165, 1.54) is 7.11 Å². The largest absolute Gasteiger partial charge is 0.370 e. The highest BCUT2D eigenvalue weighted by molar-refractivity contribution is 5.85. The fraction of sp³-hybridized carbons (Fsp3) is 0.455. The fourth-order valence-electron chi connectivity index (χ4n) is 1.30. The topological polar surface area (TPSA) is 77.2 Å². The summed E-state index contributed by atoms with van der Waals surface area (Å²) in [6.45, 7) is 2.51. The van der Waals surface area contributed by atoms with Crippen molar-refractivity contribution < 1.29 is 9.53 Å². The first-order chi connectivity index (χ1) is 7.69. The van der Waals surface area contributed by atoms with Crippen LogP contribution in [0.1, 0.15) is 11.3 Å². The number of amides is 1. The van der Waals surface area contributed by atoms with E-state index in [2.05, 4.69) is 10.3 Å². The third kappa shape index (κ3) is 5.64. The Bertz CT molecular complexity index is 360. The molecule has 0 aliphatic heterocycles. The molecule has 5 nitrogen and oxygen atoms in total. The van der Waals surface area contributed by atoms with E-state index in [-0.39, 0.29) is 37.3 Å². The van der Waals surface area contributed by atoms with E-state index in [0.29, 0.717) is 6.54 Å². The molecule has 0 spiro atoms. The molecular weight excluding hydrogens is 277 g/mol. The molecule has 1 heterocycles. The molecule has 1 rings (SSSR count). The van der Waals surface area contributed by atoms with Crippen LogP contribution in [-0.4, -0.2) is 30.6 Å². The molecule has 0 saturated heterocycles. The first-order valence-corrected chi connectivity index (χ1v) is 5.10. The van der Waals surface area contributed by atoms with Crippen molar-refractivity contribution in [3.8, 4) is 0 Å². The van der Waals surface area contributed by atoms with Gasteiger partial charge in [0.25, 0.3) is 5.91 Å². The number of nitrogens with one attached hydrogen (secondary N) is 1.